The largest absolute Gasteiger partial charge is 0.493 e. The molecule has 0 bridgehead atoms. The molecule has 5 nitrogen and oxygen atoms in total. The molecule has 4 N–H and O–H groups in total. The van der Waals surface area contributed by atoms with Crippen molar-refractivity contribution in [1.82, 2.24) is 5.32 Å². The lowest BCUT2D eigenvalue weighted by Crippen LogP contribution is -2.44. The van der Waals surface area contributed by atoms with Gasteiger partial charge in [0.05, 0.1) is 24.2 Å². The van der Waals surface area contributed by atoms with E-state index < -0.39 is 17.6 Å². The summed E-state index contributed by atoms with van der Waals surface area (Å²) in [5.74, 6) is 0.683. The van der Waals surface area contributed by atoms with Crippen molar-refractivity contribution in [2.24, 2.45) is 11.7 Å². The van der Waals surface area contributed by atoms with Crippen molar-refractivity contribution in [1.29, 1.82) is 0 Å². The number of amides is 1. The third kappa shape index (κ3) is 6.84. The van der Waals surface area contributed by atoms with Crippen LogP contribution in [-0.2, 0) is 4.79 Å². The Bertz CT molecular complexity index is 738. The average molecular weight is 419 g/mol. The summed E-state index contributed by atoms with van der Waals surface area (Å²) < 4.78 is 5.86. The molecule has 29 heavy (non-hydrogen) atoms. The average Bonchev–Trinajstić information content (AvgIpc) is 3.19. The summed E-state index contributed by atoms with van der Waals surface area (Å²) in [6.45, 7) is 8.63. The van der Waals surface area contributed by atoms with Gasteiger partial charge < -0.3 is 20.9 Å². The lowest BCUT2D eigenvalue weighted by molar-refractivity contribution is -0.125. The highest BCUT2D eigenvalue weighted by Gasteiger charge is 2.32. The van der Waals surface area contributed by atoms with Crippen LogP contribution in [0.3, 0.4) is 0 Å². The van der Waals surface area contributed by atoms with Gasteiger partial charge in [0.1, 0.15) is 5.75 Å². The van der Waals surface area contributed by atoms with Crippen molar-refractivity contribution in [2.45, 2.75) is 58.1 Å². The molecule has 2 aromatic rings. The van der Waals surface area contributed by atoms with Crippen LogP contribution in [0.25, 0.3) is 0 Å². The molecule has 0 aliphatic rings. The third-order valence-corrected chi connectivity index (χ3v) is 5.95. The molecule has 0 saturated heterocycles. The van der Waals surface area contributed by atoms with Gasteiger partial charge in [0.2, 0.25) is 5.91 Å². The smallest absolute Gasteiger partial charge is 0.230 e. The minimum Gasteiger partial charge on any atom is -0.493 e. The fourth-order valence-corrected chi connectivity index (χ4v) is 4.16. The molecule has 1 aromatic heterocycles. The van der Waals surface area contributed by atoms with E-state index in [-0.39, 0.29) is 12.5 Å². The summed E-state index contributed by atoms with van der Waals surface area (Å²) >= 11 is 1.51. The SMILES string of the molecule is CCCC(C)COc1ccc([C@@H](NC(=O)[C@@H](CN)c2cccs2)C(C)(C)O)cc1. The summed E-state index contributed by atoms with van der Waals surface area (Å²) in [7, 11) is 0. The minimum absolute atomic E-state index is 0.184. The predicted molar refractivity (Wildman–Crippen MR) is 119 cm³/mol. The van der Waals surface area contributed by atoms with Gasteiger partial charge in [-0.15, -0.1) is 11.3 Å². The van der Waals surface area contributed by atoms with Crippen LogP contribution < -0.4 is 15.8 Å². The summed E-state index contributed by atoms with van der Waals surface area (Å²) in [4.78, 5) is 13.8. The molecule has 0 fully saturated rings. The highest BCUT2D eigenvalue weighted by Crippen LogP contribution is 2.29. The van der Waals surface area contributed by atoms with Gasteiger partial charge in [-0.2, -0.15) is 0 Å². The molecule has 160 valence electrons. The van der Waals surface area contributed by atoms with Crippen LogP contribution in [0.2, 0.25) is 0 Å². The van der Waals surface area contributed by atoms with Gasteiger partial charge in [0, 0.05) is 11.4 Å². The first-order chi connectivity index (χ1) is 13.8. The Morgan fingerprint density at radius 3 is 2.48 bits per heavy atom. The maximum atomic E-state index is 12.9. The van der Waals surface area contributed by atoms with Gasteiger partial charge in [-0.3, -0.25) is 4.79 Å². The number of hydrogen-bond acceptors (Lipinski definition) is 5. The zero-order valence-corrected chi connectivity index (χ0v) is 18.7. The second-order valence-electron chi connectivity index (χ2n) is 8.17. The van der Waals surface area contributed by atoms with E-state index in [1.165, 1.54) is 11.3 Å². The van der Waals surface area contributed by atoms with E-state index in [0.717, 1.165) is 29.0 Å². The van der Waals surface area contributed by atoms with E-state index in [2.05, 4.69) is 19.2 Å². The van der Waals surface area contributed by atoms with Gasteiger partial charge in [-0.1, -0.05) is 38.5 Å². The van der Waals surface area contributed by atoms with Crippen LogP contribution in [0.5, 0.6) is 5.75 Å². The Morgan fingerprint density at radius 2 is 1.97 bits per heavy atom. The Kier molecular flexibility index (Phi) is 8.68. The number of carbonyl (C=O) groups excluding carboxylic acids is 1. The Morgan fingerprint density at radius 1 is 1.28 bits per heavy atom. The van der Waals surface area contributed by atoms with Gasteiger partial charge in [0.15, 0.2) is 0 Å². The van der Waals surface area contributed by atoms with Crippen LogP contribution >= 0.6 is 11.3 Å². The molecule has 1 aromatic carbocycles. The molecule has 0 saturated carbocycles. The van der Waals surface area contributed by atoms with Gasteiger partial charge in [-0.25, -0.2) is 0 Å². The molecule has 1 heterocycles. The second-order valence-corrected chi connectivity index (χ2v) is 9.15. The zero-order valence-electron chi connectivity index (χ0n) is 17.9. The number of thiophene rings is 1. The molecular formula is C23H34N2O3S. The molecule has 0 spiro atoms. The van der Waals surface area contributed by atoms with Crippen LogP contribution in [0, 0.1) is 5.92 Å². The number of carbonyl (C=O) groups is 1. The molecule has 2 rings (SSSR count). The van der Waals surface area contributed by atoms with Crippen LogP contribution in [0.15, 0.2) is 41.8 Å². The standard InChI is InChI=1S/C23H34N2O3S/c1-5-7-16(2)15-28-18-11-9-17(10-12-18)21(23(3,4)27)25-22(26)19(14-24)20-8-6-13-29-20/h6,8-13,16,19,21,27H,5,7,14-15,24H2,1-4H3,(H,25,26)/t16?,19-,21+/m0/s1. The summed E-state index contributed by atoms with van der Waals surface area (Å²) in [5.41, 5.74) is 5.54. The van der Waals surface area contributed by atoms with Gasteiger partial charge in [0.25, 0.3) is 0 Å². The Hall–Kier alpha value is -1.89. The fourth-order valence-electron chi connectivity index (χ4n) is 3.32. The summed E-state index contributed by atoms with van der Waals surface area (Å²) in [6, 6.07) is 10.8. The van der Waals surface area contributed by atoms with E-state index in [4.69, 9.17) is 10.5 Å². The first-order valence-corrected chi connectivity index (χ1v) is 11.1. The van der Waals surface area contributed by atoms with E-state index in [1.54, 1.807) is 13.8 Å². The quantitative estimate of drug-likeness (QED) is 0.510. The second kappa shape index (κ2) is 10.8. The normalized spacial score (nSPS) is 14.8. The first kappa shape index (κ1) is 23.4. The lowest BCUT2D eigenvalue weighted by atomic mass is 9.91. The number of aliphatic hydroxyl groups is 1. The molecule has 3 atom stereocenters. The van der Waals surface area contributed by atoms with E-state index >= 15 is 0 Å². The summed E-state index contributed by atoms with van der Waals surface area (Å²) in [5, 5.41) is 15.6. The number of benzene rings is 1. The van der Waals surface area contributed by atoms with E-state index in [1.807, 2.05) is 41.8 Å². The van der Waals surface area contributed by atoms with E-state index in [9.17, 15) is 9.90 Å². The Labute approximate surface area is 178 Å². The van der Waals surface area contributed by atoms with Crippen molar-refractivity contribution < 1.29 is 14.6 Å². The number of rotatable bonds is 11. The topological polar surface area (TPSA) is 84.6 Å². The molecular weight excluding hydrogens is 384 g/mol. The minimum atomic E-state index is -1.14. The molecule has 0 aliphatic carbocycles. The van der Waals surface area contributed by atoms with Crippen LogP contribution in [-0.4, -0.2) is 29.8 Å². The zero-order chi connectivity index (χ0) is 21.4. The maximum Gasteiger partial charge on any atom is 0.230 e. The van der Waals surface area contributed by atoms with Gasteiger partial charge in [-0.05, 0) is 55.3 Å². The third-order valence-electron chi connectivity index (χ3n) is 4.96. The van der Waals surface area contributed by atoms with Crippen molar-refractivity contribution in [3.63, 3.8) is 0 Å². The number of hydrogen-bond donors (Lipinski definition) is 3. The first-order valence-electron chi connectivity index (χ1n) is 10.2. The maximum absolute atomic E-state index is 12.9. The molecule has 0 aliphatic heterocycles. The predicted octanol–water partition coefficient (Wildman–Crippen LogP) is 4.23. The van der Waals surface area contributed by atoms with E-state index in [0.29, 0.717) is 12.5 Å². The highest BCUT2D eigenvalue weighted by molar-refractivity contribution is 7.10. The van der Waals surface area contributed by atoms with Crippen molar-refractivity contribution in [2.75, 3.05) is 13.2 Å². The number of ether oxygens (including phenoxy) is 1. The molecule has 1 unspecified atom stereocenters. The van der Waals surface area contributed by atoms with Crippen LogP contribution in [0.1, 0.15) is 62.9 Å². The van der Waals surface area contributed by atoms with Crippen molar-refractivity contribution in [3.8, 4) is 5.75 Å². The molecule has 1 amide bonds. The van der Waals surface area contributed by atoms with Crippen molar-refractivity contribution in [3.05, 3.63) is 52.2 Å². The summed E-state index contributed by atoms with van der Waals surface area (Å²) in [6.07, 6.45) is 2.28. The number of nitrogens with two attached hydrogens (primary N) is 1. The van der Waals surface area contributed by atoms with Gasteiger partial charge >= 0.3 is 0 Å². The highest BCUT2D eigenvalue weighted by atomic mass is 32.1. The number of nitrogens with one attached hydrogen (secondary N) is 1. The Balaban J connectivity index is 2.11. The lowest BCUT2D eigenvalue weighted by Gasteiger charge is -2.32. The van der Waals surface area contributed by atoms with Crippen LogP contribution in [0.4, 0.5) is 0 Å². The molecule has 6 heteroatoms. The molecule has 0 radical (unpaired) electrons. The monoisotopic (exact) mass is 418 g/mol. The van der Waals surface area contributed by atoms with Crippen molar-refractivity contribution >= 4 is 17.2 Å². The fraction of sp³-hybridized carbons (Fsp3) is 0.522.